The molecule has 2 saturated heterocycles. The molecule has 0 saturated carbocycles. The average Bonchev–Trinajstić information content (AvgIpc) is 3.47. The number of carbonyl (C=O) groups is 5. The average molecular weight is 647 g/mol. The number of rotatable bonds is 9. The van der Waals surface area contributed by atoms with Crippen LogP contribution < -0.4 is 10.6 Å². The van der Waals surface area contributed by atoms with Crippen LogP contribution in [0.1, 0.15) is 68.2 Å². The second-order valence-electron chi connectivity index (χ2n) is 12.6. The molecule has 250 valence electrons. The van der Waals surface area contributed by atoms with E-state index in [0.29, 0.717) is 38.3 Å². The Kier molecular flexibility index (Phi) is 11.0. The number of carbonyl (C=O) groups excluding carboxylic acids is 5. The first-order chi connectivity index (χ1) is 20.8. The van der Waals surface area contributed by atoms with E-state index in [9.17, 15) is 45.9 Å². The summed E-state index contributed by atoms with van der Waals surface area (Å²) in [4.78, 5) is 67.9. The van der Waals surface area contributed by atoms with Crippen LogP contribution in [0.3, 0.4) is 0 Å². The van der Waals surface area contributed by atoms with Crippen LogP contribution in [0, 0.1) is 11.3 Å². The van der Waals surface area contributed by atoms with Crippen molar-refractivity contribution in [3.8, 4) is 0 Å². The van der Waals surface area contributed by atoms with Crippen molar-refractivity contribution in [3.63, 3.8) is 0 Å². The van der Waals surface area contributed by atoms with Crippen LogP contribution in [0.25, 0.3) is 0 Å². The molecule has 4 amide bonds. The van der Waals surface area contributed by atoms with Crippen molar-refractivity contribution >= 4 is 29.4 Å². The van der Waals surface area contributed by atoms with Crippen LogP contribution >= 0.6 is 0 Å². The van der Waals surface area contributed by atoms with Gasteiger partial charge < -0.3 is 25.2 Å². The SMILES string of the molecule is CC(C)[C@@H](NC(=O)[C@@H]1CCCN1C(=O)[C@H](NC(=O)c1ccc(C(=O)N2CCOCC2)cc1)C(C)(C)C)C(=O)C(F)(F)C(F)(F)F. The monoisotopic (exact) mass is 646 g/mol. The second kappa shape index (κ2) is 13.8. The molecule has 2 aliphatic rings. The lowest BCUT2D eigenvalue weighted by molar-refractivity contribution is -0.270. The number of alkyl halides is 5. The Morgan fingerprint density at radius 3 is 1.93 bits per heavy atom. The molecular formula is C30H39F5N4O6. The smallest absolute Gasteiger partial charge is 0.378 e. The number of morpholine rings is 1. The predicted octanol–water partition coefficient (Wildman–Crippen LogP) is 3.20. The molecule has 0 bridgehead atoms. The van der Waals surface area contributed by atoms with Gasteiger partial charge in [-0.25, -0.2) is 0 Å². The molecule has 3 rings (SSSR count). The number of halogens is 5. The second-order valence-corrected chi connectivity index (χ2v) is 12.6. The van der Waals surface area contributed by atoms with Crippen LogP contribution in [0.15, 0.2) is 24.3 Å². The third kappa shape index (κ3) is 8.16. The normalized spacial score (nSPS) is 19.2. The number of likely N-dealkylation sites (tertiary alicyclic amines) is 1. The molecule has 0 spiro atoms. The third-order valence-electron chi connectivity index (χ3n) is 7.83. The fourth-order valence-corrected chi connectivity index (χ4v) is 5.16. The number of benzene rings is 1. The Labute approximate surface area is 258 Å². The number of Topliss-reactive ketones (excluding diaryl/α,β-unsaturated/α-hetero) is 1. The summed E-state index contributed by atoms with van der Waals surface area (Å²) in [6, 6.07) is 1.27. The van der Waals surface area contributed by atoms with E-state index in [1.807, 2.05) is 5.32 Å². The van der Waals surface area contributed by atoms with E-state index < -0.39 is 65.1 Å². The summed E-state index contributed by atoms with van der Waals surface area (Å²) < 4.78 is 71.6. The van der Waals surface area contributed by atoms with Gasteiger partial charge in [-0.05, 0) is 48.4 Å². The summed E-state index contributed by atoms with van der Waals surface area (Å²) in [5, 5.41) is 4.70. The number of hydrogen-bond acceptors (Lipinski definition) is 6. The highest BCUT2D eigenvalue weighted by Crippen LogP contribution is 2.38. The standard InChI is InChI=1S/C30H39F5N4O6/c1-17(2)21(23(40)29(31,32)30(33,34)35)36-25(42)20-7-6-12-39(20)27(44)22(28(3,4)5)37-24(41)18-8-10-19(11-9-18)26(43)38-13-15-45-16-14-38/h8-11,17,20-22H,6-7,12-16H2,1-5H3,(H,36,42)(H,37,41)/t20-,21+,22-/m0/s1. The summed E-state index contributed by atoms with van der Waals surface area (Å²) in [6.07, 6.45) is -5.77. The van der Waals surface area contributed by atoms with Gasteiger partial charge in [0.15, 0.2) is 0 Å². The summed E-state index contributed by atoms with van der Waals surface area (Å²) in [5.41, 5.74) is -0.350. The van der Waals surface area contributed by atoms with Gasteiger partial charge in [0, 0.05) is 30.8 Å². The lowest BCUT2D eigenvalue weighted by Gasteiger charge is -2.36. The van der Waals surface area contributed by atoms with Crippen molar-refractivity contribution in [3.05, 3.63) is 35.4 Å². The van der Waals surface area contributed by atoms with Crippen molar-refractivity contribution < 1.29 is 50.7 Å². The summed E-state index contributed by atoms with van der Waals surface area (Å²) >= 11 is 0. The Balaban J connectivity index is 1.75. The zero-order chi connectivity index (χ0) is 33.9. The summed E-state index contributed by atoms with van der Waals surface area (Å²) in [7, 11) is 0. The summed E-state index contributed by atoms with van der Waals surface area (Å²) in [5.74, 6) is -11.9. The van der Waals surface area contributed by atoms with Crippen LogP contribution in [0.4, 0.5) is 22.0 Å². The van der Waals surface area contributed by atoms with Crippen LogP contribution in [-0.4, -0.2) is 102 Å². The minimum atomic E-state index is -6.14. The van der Waals surface area contributed by atoms with E-state index in [2.05, 4.69) is 5.32 Å². The van der Waals surface area contributed by atoms with Crippen molar-refractivity contribution in [2.75, 3.05) is 32.8 Å². The first-order valence-electron chi connectivity index (χ1n) is 14.6. The van der Waals surface area contributed by atoms with Crippen LogP contribution in [0.5, 0.6) is 0 Å². The number of ether oxygens (including phenoxy) is 1. The lowest BCUT2D eigenvalue weighted by Crippen LogP contribution is -2.60. The molecule has 1 aromatic rings. The number of hydrogen-bond donors (Lipinski definition) is 2. The van der Waals surface area contributed by atoms with E-state index in [4.69, 9.17) is 4.74 Å². The van der Waals surface area contributed by atoms with E-state index in [-0.39, 0.29) is 24.4 Å². The van der Waals surface area contributed by atoms with Gasteiger partial charge in [0.1, 0.15) is 12.1 Å². The highest BCUT2D eigenvalue weighted by atomic mass is 19.4. The predicted molar refractivity (Wildman–Crippen MR) is 151 cm³/mol. The molecule has 0 aliphatic carbocycles. The maximum Gasteiger partial charge on any atom is 0.461 e. The van der Waals surface area contributed by atoms with Crippen molar-refractivity contribution in [1.82, 2.24) is 20.4 Å². The van der Waals surface area contributed by atoms with Gasteiger partial charge in [-0.15, -0.1) is 0 Å². The van der Waals surface area contributed by atoms with Crippen molar-refractivity contribution in [2.24, 2.45) is 11.3 Å². The van der Waals surface area contributed by atoms with Gasteiger partial charge in [0.25, 0.3) is 11.8 Å². The summed E-state index contributed by atoms with van der Waals surface area (Å²) in [6.45, 7) is 9.26. The third-order valence-corrected chi connectivity index (χ3v) is 7.83. The molecule has 0 radical (unpaired) electrons. The number of ketones is 1. The van der Waals surface area contributed by atoms with Gasteiger partial charge >= 0.3 is 12.1 Å². The Bertz CT molecular complexity index is 1270. The zero-order valence-corrected chi connectivity index (χ0v) is 25.8. The lowest BCUT2D eigenvalue weighted by atomic mass is 9.85. The Morgan fingerprint density at radius 1 is 0.867 bits per heavy atom. The molecule has 15 heteroatoms. The zero-order valence-electron chi connectivity index (χ0n) is 25.8. The van der Waals surface area contributed by atoms with Crippen molar-refractivity contribution in [1.29, 1.82) is 0 Å². The van der Waals surface area contributed by atoms with Gasteiger partial charge in [-0.1, -0.05) is 34.6 Å². The highest BCUT2D eigenvalue weighted by molar-refractivity contribution is 6.01. The molecule has 10 nitrogen and oxygen atoms in total. The maximum atomic E-state index is 13.9. The fourth-order valence-electron chi connectivity index (χ4n) is 5.16. The molecule has 0 unspecified atom stereocenters. The largest absolute Gasteiger partial charge is 0.461 e. The molecule has 1 aromatic carbocycles. The first kappa shape index (κ1) is 35.9. The van der Waals surface area contributed by atoms with Gasteiger partial charge in [-0.3, -0.25) is 24.0 Å². The molecule has 2 N–H and O–H groups in total. The molecule has 2 aliphatic heterocycles. The molecular weight excluding hydrogens is 607 g/mol. The van der Waals surface area contributed by atoms with Crippen molar-refractivity contribution in [2.45, 2.75) is 77.7 Å². The Morgan fingerprint density at radius 2 is 1.42 bits per heavy atom. The molecule has 45 heavy (non-hydrogen) atoms. The molecule has 2 heterocycles. The number of nitrogens with one attached hydrogen (secondary N) is 2. The van der Waals surface area contributed by atoms with Gasteiger partial charge in [0.2, 0.25) is 17.6 Å². The number of amides is 4. The van der Waals surface area contributed by atoms with Gasteiger partial charge in [-0.2, -0.15) is 22.0 Å². The van der Waals surface area contributed by atoms with E-state index in [1.54, 1.807) is 25.7 Å². The van der Waals surface area contributed by atoms with E-state index in [1.165, 1.54) is 38.1 Å². The van der Waals surface area contributed by atoms with Gasteiger partial charge in [0.05, 0.1) is 19.3 Å². The fraction of sp³-hybridized carbons (Fsp3) is 0.633. The minimum Gasteiger partial charge on any atom is -0.378 e. The molecule has 3 atom stereocenters. The highest BCUT2D eigenvalue weighted by Gasteiger charge is 2.65. The quantitative estimate of drug-likeness (QED) is 0.398. The number of nitrogens with zero attached hydrogens (tertiary/aromatic N) is 2. The van der Waals surface area contributed by atoms with Crippen LogP contribution in [-0.2, 0) is 19.1 Å². The molecule has 2 fully saturated rings. The topological polar surface area (TPSA) is 125 Å². The van der Waals surface area contributed by atoms with E-state index >= 15 is 0 Å². The maximum absolute atomic E-state index is 13.9. The van der Waals surface area contributed by atoms with Crippen LogP contribution in [0.2, 0.25) is 0 Å². The molecule has 0 aromatic heterocycles. The minimum absolute atomic E-state index is 0.0523. The first-order valence-corrected chi connectivity index (χ1v) is 14.6. The Hall–Kier alpha value is -3.62. The van der Waals surface area contributed by atoms with E-state index in [0.717, 1.165) is 4.90 Å².